The van der Waals surface area contributed by atoms with Gasteiger partial charge in [0.1, 0.15) is 5.82 Å². The fourth-order valence-corrected chi connectivity index (χ4v) is 2.93. The van der Waals surface area contributed by atoms with Gasteiger partial charge in [0, 0.05) is 24.8 Å². The highest BCUT2D eigenvalue weighted by Crippen LogP contribution is 2.32. The molecule has 27 heavy (non-hydrogen) atoms. The van der Waals surface area contributed by atoms with Crippen LogP contribution >= 0.6 is 0 Å². The van der Waals surface area contributed by atoms with Gasteiger partial charge >= 0.3 is 0 Å². The van der Waals surface area contributed by atoms with Gasteiger partial charge in [0.2, 0.25) is 5.82 Å². The maximum absolute atomic E-state index is 5.41. The molecular formula is C19H20N4O4. The molecule has 3 heterocycles. The average molecular weight is 368 g/mol. The second-order valence-corrected chi connectivity index (χ2v) is 6.00. The Morgan fingerprint density at radius 3 is 2.44 bits per heavy atom. The number of hydrogen-bond acceptors (Lipinski definition) is 8. The lowest BCUT2D eigenvalue weighted by atomic mass is 10.2. The van der Waals surface area contributed by atoms with Gasteiger partial charge in [0.05, 0.1) is 33.0 Å². The Labute approximate surface area is 156 Å². The molecule has 2 aromatic heterocycles. The summed E-state index contributed by atoms with van der Waals surface area (Å²) < 4.78 is 21.4. The molecule has 1 fully saturated rings. The maximum Gasteiger partial charge on any atom is 0.259 e. The largest absolute Gasteiger partial charge is 0.493 e. The van der Waals surface area contributed by atoms with E-state index < -0.39 is 0 Å². The summed E-state index contributed by atoms with van der Waals surface area (Å²) in [6.07, 6.45) is 1.75. The number of pyridine rings is 1. The molecule has 0 aliphatic carbocycles. The van der Waals surface area contributed by atoms with E-state index in [1.54, 1.807) is 20.4 Å². The van der Waals surface area contributed by atoms with Gasteiger partial charge in [-0.1, -0.05) is 5.16 Å². The van der Waals surface area contributed by atoms with Gasteiger partial charge in [-0.05, 0) is 30.3 Å². The van der Waals surface area contributed by atoms with Crippen molar-refractivity contribution in [3.05, 3.63) is 36.5 Å². The van der Waals surface area contributed by atoms with Gasteiger partial charge in [-0.25, -0.2) is 4.98 Å². The number of hydrogen-bond donors (Lipinski definition) is 0. The molecule has 8 heteroatoms. The third-order valence-electron chi connectivity index (χ3n) is 4.40. The van der Waals surface area contributed by atoms with Crippen LogP contribution in [-0.2, 0) is 4.74 Å². The highest BCUT2D eigenvalue weighted by molar-refractivity contribution is 5.63. The summed E-state index contributed by atoms with van der Waals surface area (Å²) in [6.45, 7) is 3.14. The molecule has 140 valence electrons. The SMILES string of the molecule is COc1ccc(-c2noc(-c3ccc(N4CCOCC4)nc3)n2)cc1OC. The maximum atomic E-state index is 5.41. The van der Waals surface area contributed by atoms with Crippen molar-refractivity contribution in [2.24, 2.45) is 0 Å². The minimum absolute atomic E-state index is 0.417. The number of nitrogens with zero attached hydrogens (tertiary/aromatic N) is 4. The molecule has 0 radical (unpaired) electrons. The number of aromatic nitrogens is 3. The molecule has 0 amide bonds. The summed E-state index contributed by atoms with van der Waals surface area (Å²) in [7, 11) is 3.18. The number of anilines is 1. The molecule has 0 bridgehead atoms. The van der Waals surface area contributed by atoms with Gasteiger partial charge in [-0.3, -0.25) is 0 Å². The van der Waals surface area contributed by atoms with Gasteiger partial charge in [-0.2, -0.15) is 4.98 Å². The first kappa shape index (κ1) is 17.3. The zero-order valence-corrected chi connectivity index (χ0v) is 15.2. The summed E-state index contributed by atoms with van der Waals surface area (Å²) in [4.78, 5) is 11.2. The molecule has 0 atom stereocenters. The zero-order chi connectivity index (χ0) is 18.6. The monoisotopic (exact) mass is 368 g/mol. The third-order valence-corrected chi connectivity index (χ3v) is 4.40. The number of ether oxygens (including phenoxy) is 3. The van der Waals surface area contributed by atoms with Crippen LogP contribution < -0.4 is 14.4 Å². The van der Waals surface area contributed by atoms with Gasteiger partial charge in [0.25, 0.3) is 5.89 Å². The van der Waals surface area contributed by atoms with Crippen molar-refractivity contribution in [2.75, 3.05) is 45.4 Å². The van der Waals surface area contributed by atoms with Gasteiger partial charge < -0.3 is 23.6 Å². The van der Waals surface area contributed by atoms with Crippen LogP contribution in [0.1, 0.15) is 0 Å². The van der Waals surface area contributed by atoms with Crippen LogP contribution in [0.4, 0.5) is 5.82 Å². The predicted molar refractivity (Wildman–Crippen MR) is 99.1 cm³/mol. The van der Waals surface area contributed by atoms with Crippen molar-refractivity contribution in [1.29, 1.82) is 0 Å². The van der Waals surface area contributed by atoms with E-state index in [1.165, 1.54) is 0 Å². The Morgan fingerprint density at radius 1 is 0.963 bits per heavy atom. The van der Waals surface area contributed by atoms with Crippen molar-refractivity contribution >= 4 is 5.82 Å². The second kappa shape index (κ2) is 7.63. The van der Waals surface area contributed by atoms with Crippen LogP contribution in [0, 0.1) is 0 Å². The summed E-state index contributed by atoms with van der Waals surface area (Å²) >= 11 is 0. The van der Waals surface area contributed by atoms with Crippen LogP contribution in [0.15, 0.2) is 41.1 Å². The lowest BCUT2D eigenvalue weighted by Crippen LogP contribution is -2.36. The number of morpholine rings is 1. The normalized spacial score (nSPS) is 14.2. The highest BCUT2D eigenvalue weighted by atomic mass is 16.5. The third kappa shape index (κ3) is 3.56. The fourth-order valence-electron chi connectivity index (χ4n) is 2.93. The minimum atomic E-state index is 0.417. The Kier molecular flexibility index (Phi) is 4.88. The summed E-state index contributed by atoms with van der Waals surface area (Å²) in [5, 5.41) is 4.07. The van der Waals surface area contributed by atoms with Crippen molar-refractivity contribution in [2.45, 2.75) is 0 Å². The number of methoxy groups -OCH3 is 2. The molecular weight excluding hydrogens is 348 g/mol. The predicted octanol–water partition coefficient (Wildman–Crippen LogP) is 2.65. The quantitative estimate of drug-likeness (QED) is 0.680. The van der Waals surface area contributed by atoms with Crippen LogP contribution in [0.25, 0.3) is 22.8 Å². The molecule has 1 aliphatic rings. The van der Waals surface area contributed by atoms with Crippen LogP contribution in [0.3, 0.4) is 0 Å². The standard InChI is InChI=1S/C19H20N4O4/c1-24-15-5-3-13(11-16(15)25-2)18-21-19(27-22-18)14-4-6-17(20-12-14)23-7-9-26-10-8-23/h3-6,11-12H,7-10H2,1-2H3. The molecule has 1 saturated heterocycles. The first-order chi connectivity index (χ1) is 13.3. The topological polar surface area (TPSA) is 82.7 Å². The zero-order valence-electron chi connectivity index (χ0n) is 15.2. The molecule has 0 spiro atoms. The van der Waals surface area contributed by atoms with E-state index >= 15 is 0 Å². The minimum Gasteiger partial charge on any atom is -0.493 e. The molecule has 8 nitrogen and oxygen atoms in total. The summed E-state index contributed by atoms with van der Waals surface area (Å²) in [5.41, 5.74) is 1.55. The van der Waals surface area contributed by atoms with E-state index in [-0.39, 0.29) is 0 Å². The number of benzene rings is 1. The Bertz CT molecular complexity index is 904. The van der Waals surface area contributed by atoms with E-state index in [0.717, 1.165) is 43.2 Å². The van der Waals surface area contributed by atoms with Crippen molar-refractivity contribution in [1.82, 2.24) is 15.1 Å². The smallest absolute Gasteiger partial charge is 0.259 e. The molecule has 3 aromatic rings. The van der Waals surface area contributed by atoms with Crippen LogP contribution in [0.5, 0.6) is 11.5 Å². The van der Waals surface area contributed by atoms with Crippen LogP contribution in [0.2, 0.25) is 0 Å². The van der Waals surface area contributed by atoms with Gasteiger partial charge in [-0.15, -0.1) is 0 Å². The van der Waals surface area contributed by atoms with Crippen LogP contribution in [-0.4, -0.2) is 55.6 Å². The van der Waals surface area contributed by atoms with Crippen molar-refractivity contribution < 1.29 is 18.7 Å². The van der Waals surface area contributed by atoms with Gasteiger partial charge in [0.15, 0.2) is 11.5 Å². The van der Waals surface area contributed by atoms with E-state index in [1.807, 2.05) is 30.3 Å². The molecule has 0 N–H and O–H groups in total. The molecule has 1 aromatic carbocycles. The average Bonchev–Trinajstić information content (AvgIpc) is 3.24. The summed E-state index contributed by atoms with van der Waals surface area (Å²) in [5.74, 6) is 3.07. The van der Waals surface area contributed by atoms with E-state index in [4.69, 9.17) is 18.7 Å². The van der Waals surface area contributed by atoms with Crippen molar-refractivity contribution in [3.63, 3.8) is 0 Å². The van der Waals surface area contributed by atoms with Crippen molar-refractivity contribution in [3.8, 4) is 34.3 Å². The molecule has 0 unspecified atom stereocenters. The Hall–Kier alpha value is -3.13. The molecule has 4 rings (SSSR count). The first-order valence-electron chi connectivity index (χ1n) is 8.63. The Balaban J connectivity index is 1.55. The molecule has 1 aliphatic heterocycles. The second-order valence-electron chi connectivity index (χ2n) is 6.00. The highest BCUT2D eigenvalue weighted by Gasteiger charge is 2.15. The van der Waals surface area contributed by atoms with E-state index in [9.17, 15) is 0 Å². The Morgan fingerprint density at radius 2 is 1.74 bits per heavy atom. The lowest BCUT2D eigenvalue weighted by Gasteiger charge is -2.27. The van der Waals surface area contributed by atoms with E-state index in [2.05, 4.69) is 20.0 Å². The van der Waals surface area contributed by atoms with E-state index in [0.29, 0.717) is 23.2 Å². The number of rotatable bonds is 5. The fraction of sp³-hybridized carbons (Fsp3) is 0.316. The summed E-state index contributed by atoms with van der Waals surface area (Å²) in [6, 6.07) is 9.37. The first-order valence-corrected chi connectivity index (χ1v) is 8.63. The molecule has 0 saturated carbocycles. The lowest BCUT2D eigenvalue weighted by molar-refractivity contribution is 0.122.